The maximum absolute atomic E-state index is 12.9. The van der Waals surface area contributed by atoms with E-state index in [0.717, 1.165) is 36.8 Å². The fourth-order valence-corrected chi connectivity index (χ4v) is 4.12. The molecule has 1 fully saturated rings. The SMILES string of the molecule is Cc1cccc(CNC(=O)CC2=C3CCCCC3N(C(C)C)C2=O)c1. The number of nitrogens with one attached hydrogen (secondary N) is 1. The maximum Gasteiger partial charge on any atom is 0.251 e. The lowest BCUT2D eigenvalue weighted by molar-refractivity contribution is -0.130. The summed E-state index contributed by atoms with van der Waals surface area (Å²) >= 11 is 0. The van der Waals surface area contributed by atoms with E-state index in [0.29, 0.717) is 6.54 Å². The lowest BCUT2D eigenvalue weighted by atomic mass is 9.88. The van der Waals surface area contributed by atoms with E-state index in [1.807, 2.05) is 30.0 Å². The van der Waals surface area contributed by atoms with Crippen molar-refractivity contribution in [3.63, 3.8) is 0 Å². The van der Waals surface area contributed by atoms with Crippen LogP contribution in [0.1, 0.15) is 57.1 Å². The first kappa shape index (κ1) is 17.7. The minimum atomic E-state index is -0.0627. The van der Waals surface area contributed by atoms with Gasteiger partial charge in [0, 0.05) is 18.2 Å². The molecule has 1 N–H and O–H groups in total. The zero-order valence-corrected chi connectivity index (χ0v) is 15.5. The molecule has 1 saturated carbocycles. The Kier molecular flexibility index (Phi) is 5.26. The molecule has 1 aliphatic carbocycles. The van der Waals surface area contributed by atoms with E-state index in [9.17, 15) is 9.59 Å². The van der Waals surface area contributed by atoms with Crippen LogP contribution in [-0.4, -0.2) is 28.8 Å². The van der Waals surface area contributed by atoms with Crippen molar-refractivity contribution in [2.24, 2.45) is 0 Å². The number of aryl methyl sites for hydroxylation is 1. The van der Waals surface area contributed by atoms with Gasteiger partial charge in [-0.25, -0.2) is 0 Å². The summed E-state index contributed by atoms with van der Waals surface area (Å²) in [5, 5.41) is 2.97. The minimum absolute atomic E-state index is 0.0627. The zero-order valence-electron chi connectivity index (χ0n) is 15.5. The van der Waals surface area contributed by atoms with Gasteiger partial charge < -0.3 is 10.2 Å². The number of hydrogen-bond acceptors (Lipinski definition) is 2. The number of fused-ring (bicyclic) bond motifs is 1. The molecule has 4 heteroatoms. The summed E-state index contributed by atoms with van der Waals surface area (Å²) in [7, 11) is 0. The maximum atomic E-state index is 12.9. The Balaban J connectivity index is 1.68. The molecule has 1 atom stereocenters. The molecule has 0 spiro atoms. The van der Waals surface area contributed by atoms with Crippen LogP contribution in [0.2, 0.25) is 0 Å². The summed E-state index contributed by atoms with van der Waals surface area (Å²) in [6.07, 6.45) is 4.49. The van der Waals surface area contributed by atoms with Crippen molar-refractivity contribution in [2.75, 3.05) is 0 Å². The smallest absolute Gasteiger partial charge is 0.251 e. The Morgan fingerprint density at radius 2 is 2.12 bits per heavy atom. The van der Waals surface area contributed by atoms with Gasteiger partial charge in [-0.15, -0.1) is 0 Å². The Bertz CT molecular complexity index is 706. The monoisotopic (exact) mass is 340 g/mol. The number of nitrogens with zero attached hydrogens (tertiary/aromatic N) is 1. The molecule has 0 bridgehead atoms. The Morgan fingerprint density at radius 1 is 1.32 bits per heavy atom. The van der Waals surface area contributed by atoms with E-state index < -0.39 is 0 Å². The number of amides is 2. The lowest BCUT2D eigenvalue weighted by Crippen LogP contribution is -2.41. The average Bonchev–Trinajstić information content (AvgIpc) is 2.85. The van der Waals surface area contributed by atoms with Crippen molar-refractivity contribution in [1.29, 1.82) is 0 Å². The molecule has 3 rings (SSSR count). The first-order valence-corrected chi connectivity index (χ1v) is 9.34. The second-order valence-corrected chi connectivity index (χ2v) is 7.51. The third-order valence-corrected chi connectivity index (χ3v) is 5.26. The van der Waals surface area contributed by atoms with Gasteiger partial charge in [0.2, 0.25) is 5.91 Å². The van der Waals surface area contributed by atoms with Gasteiger partial charge in [-0.2, -0.15) is 0 Å². The average molecular weight is 340 g/mol. The van der Waals surface area contributed by atoms with Crippen LogP contribution in [0.15, 0.2) is 35.4 Å². The largest absolute Gasteiger partial charge is 0.352 e. The molecule has 1 aromatic rings. The third-order valence-electron chi connectivity index (χ3n) is 5.26. The van der Waals surface area contributed by atoms with Crippen molar-refractivity contribution < 1.29 is 9.59 Å². The predicted molar refractivity (Wildman–Crippen MR) is 98.9 cm³/mol. The summed E-state index contributed by atoms with van der Waals surface area (Å²) in [5.74, 6) is 0.00916. The van der Waals surface area contributed by atoms with Gasteiger partial charge in [0.1, 0.15) is 0 Å². The summed E-state index contributed by atoms with van der Waals surface area (Å²) in [6.45, 7) is 6.67. The van der Waals surface area contributed by atoms with Gasteiger partial charge in [-0.3, -0.25) is 9.59 Å². The van der Waals surface area contributed by atoms with Crippen LogP contribution in [0.3, 0.4) is 0 Å². The molecule has 0 saturated heterocycles. The van der Waals surface area contributed by atoms with Crippen LogP contribution in [0.4, 0.5) is 0 Å². The Labute approximate surface area is 150 Å². The summed E-state index contributed by atoms with van der Waals surface area (Å²) in [6, 6.07) is 8.52. The second-order valence-electron chi connectivity index (χ2n) is 7.51. The highest BCUT2D eigenvalue weighted by Crippen LogP contribution is 2.38. The molecule has 1 unspecified atom stereocenters. The van der Waals surface area contributed by atoms with Gasteiger partial charge in [-0.05, 0) is 51.2 Å². The fraction of sp³-hybridized carbons (Fsp3) is 0.524. The summed E-state index contributed by atoms with van der Waals surface area (Å²) in [4.78, 5) is 27.3. The molecule has 2 aliphatic rings. The Hall–Kier alpha value is -2.10. The van der Waals surface area contributed by atoms with E-state index >= 15 is 0 Å². The lowest BCUT2D eigenvalue weighted by Gasteiger charge is -2.33. The van der Waals surface area contributed by atoms with E-state index in [2.05, 4.69) is 25.2 Å². The van der Waals surface area contributed by atoms with Crippen molar-refractivity contribution in [3.8, 4) is 0 Å². The Morgan fingerprint density at radius 3 is 2.84 bits per heavy atom. The standard InChI is InChI=1S/C21H28N2O2/c1-14(2)23-19-10-5-4-9-17(19)18(21(23)25)12-20(24)22-13-16-8-6-7-15(3)11-16/h6-8,11,14,19H,4-5,9-10,12-13H2,1-3H3,(H,22,24). The van der Waals surface area contributed by atoms with Crippen molar-refractivity contribution in [1.82, 2.24) is 10.2 Å². The number of carbonyl (C=O) groups excluding carboxylic acids is 2. The normalized spacial score (nSPS) is 20.2. The number of carbonyl (C=O) groups is 2. The molecular formula is C21H28N2O2. The first-order chi connectivity index (χ1) is 12.0. The van der Waals surface area contributed by atoms with Crippen LogP contribution < -0.4 is 5.32 Å². The molecule has 1 aliphatic heterocycles. The van der Waals surface area contributed by atoms with Gasteiger partial charge in [0.15, 0.2) is 0 Å². The molecule has 25 heavy (non-hydrogen) atoms. The number of benzene rings is 1. The molecular weight excluding hydrogens is 312 g/mol. The van der Waals surface area contributed by atoms with E-state index in [1.165, 1.54) is 11.1 Å². The van der Waals surface area contributed by atoms with Crippen LogP contribution in [0.5, 0.6) is 0 Å². The molecule has 4 nitrogen and oxygen atoms in total. The van der Waals surface area contributed by atoms with Crippen molar-refractivity contribution in [3.05, 3.63) is 46.5 Å². The summed E-state index contributed by atoms with van der Waals surface area (Å²) in [5.41, 5.74) is 4.24. The minimum Gasteiger partial charge on any atom is -0.352 e. The highest BCUT2D eigenvalue weighted by Gasteiger charge is 2.41. The van der Waals surface area contributed by atoms with Gasteiger partial charge >= 0.3 is 0 Å². The molecule has 0 aromatic heterocycles. The quantitative estimate of drug-likeness (QED) is 0.892. The van der Waals surface area contributed by atoms with Crippen LogP contribution in [-0.2, 0) is 16.1 Å². The van der Waals surface area contributed by atoms with Crippen LogP contribution >= 0.6 is 0 Å². The van der Waals surface area contributed by atoms with Gasteiger partial charge in [-0.1, -0.05) is 36.2 Å². The molecule has 134 valence electrons. The van der Waals surface area contributed by atoms with Crippen LogP contribution in [0, 0.1) is 6.92 Å². The molecule has 1 heterocycles. The molecule has 0 radical (unpaired) electrons. The van der Waals surface area contributed by atoms with E-state index in [1.54, 1.807) is 0 Å². The zero-order chi connectivity index (χ0) is 18.0. The topological polar surface area (TPSA) is 49.4 Å². The van der Waals surface area contributed by atoms with Gasteiger partial charge in [0.05, 0.1) is 12.5 Å². The summed E-state index contributed by atoms with van der Waals surface area (Å²) < 4.78 is 0. The molecule has 2 amide bonds. The number of hydrogen-bond donors (Lipinski definition) is 1. The third kappa shape index (κ3) is 3.78. The highest BCUT2D eigenvalue weighted by molar-refractivity contribution is 6.02. The van der Waals surface area contributed by atoms with Crippen molar-refractivity contribution >= 4 is 11.8 Å². The van der Waals surface area contributed by atoms with Crippen molar-refractivity contribution in [2.45, 2.75) is 71.5 Å². The highest BCUT2D eigenvalue weighted by atomic mass is 16.2. The van der Waals surface area contributed by atoms with E-state index in [-0.39, 0.29) is 30.3 Å². The predicted octanol–water partition coefficient (Wildman–Crippen LogP) is 3.49. The second kappa shape index (κ2) is 7.42. The van der Waals surface area contributed by atoms with Gasteiger partial charge in [0.25, 0.3) is 5.91 Å². The molecule has 1 aromatic carbocycles. The number of rotatable bonds is 5. The van der Waals surface area contributed by atoms with Crippen LogP contribution in [0.25, 0.3) is 0 Å². The fourth-order valence-electron chi connectivity index (χ4n) is 4.12. The first-order valence-electron chi connectivity index (χ1n) is 9.34. The van der Waals surface area contributed by atoms with E-state index in [4.69, 9.17) is 0 Å².